The van der Waals surface area contributed by atoms with Crippen molar-refractivity contribution in [3.63, 3.8) is 0 Å². The Morgan fingerprint density at radius 3 is 2.47 bits per heavy atom. The Morgan fingerprint density at radius 2 is 2.00 bits per heavy atom. The summed E-state index contributed by atoms with van der Waals surface area (Å²) in [4.78, 5) is 24.0. The van der Waals surface area contributed by atoms with Gasteiger partial charge in [0.15, 0.2) is 0 Å². The largest absolute Gasteiger partial charge is 0.469 e. The van der Waals surface area contributed by atoms with Crippen LogP contribution in [0, 0.1) is 0 Å². The van der Waals surface area contributed by atoms with Crippen LogP contribution in [0.4, 0.5) is 4.79 Å². The summed E-state index contributed by atoms with van der Waals surface area (Å²) >= 11 is 0. The van der Waals surface area contributed by atoms with Crippen LogP contribution < -0.4 is 5.32 Å². The fourth-order valence-electron chi connectivity index (χ4n) is 1.08. The van der Waals surface area contributed by atoms with Crippen LogP contribution in [0.2, 0.25) is 0 Å². The van der Waals surface area contributed by atoms with Crippen LogP contribution in [0.5, 0.6) is 0 Å². The topological polar surface area (TPSA) is 58.6 Å². The molecule has 0 saturated carbocycles. The summed E-state index contributed by atoms with van der Waals surface area (Å²) < 4.78 is 4.51. The molecule has 0 saturated heterocycles. The number of nitrogens with zero attached hydrogens (tertiary/aromatic N) is 1. The van der Waals surface area contributed by atoms with Gasteiger partial charge < -0.3 is 15.0 Å². The molecule has 0 aliphatic rings. The second-order valence-electron chi connectivity index (χ2n) is 3.14. The number of urea groups is 1. The third-order valence-corrected chi connectivity index (χ3v) is 2.01. The minimum Gasteiger partial charge on any atom is -0.469 e. The Bertz CT molecular complexity index is 207. The SMILES string of the molecule is CCCNC(=O)N(CC)CCC(=O)OC. The molecule has 0 heterocycles. The molecule has 0 aliphatic heterocycles. The zero-order valence-corrected chi connectivity index (χ0v) is 9.71. The van der Waals surface area contributed by atoms with E-state index in [2.05, 4.69) is 10.1 Å². The number of methoxy groups -OCH3 is 1. The van der Waals surface area contributed by atoms with Gasteiger partial charge in [0, 0.05) is 19.6 Å². The van der Waals surface area contributed by atoms with Gasteiger partial charge in [0.2, 0.25) is 0 Å². The van der Waals surface area contributed by atoms with Crippen LogP contribution in [0.25, 0.3) is 0 Å². The number of nitrogens with one attached hydrogen (secondary N) is 1. The maximum Gasteiger partial charge on any atom is 0.317 e. The molecule has 0 fully saturated rings. The van der Waals surface area contributed by atoms with Crippen molar-refractivity contribution in [3.05, 3.63) is 0 Å². The summed E-state index contributed by atoms with van der Waals surface area (Å²) in [6, 6.07) is -0.122. The summed E-state index contributed by atoms with van der Waals surface area (Å²) in [5.41, 5.74) is 0. The van der Waals surface area contributed by atoms with Crippen molar-refractivity contribution >= 4 is 12.0 Å². The molecule has 5 heteroatoms. The summed E-state index contributed by atoms with van der Waals surface area (Å²) in [5, 5.41) is 2.76. The minimum atomic E-state index is -0.295. The fraction of sp³-hybridized carbons (Fsp3) is 0.800. The average molecular weight is 216 g/mol. The van der Waals surface area contributed by atoms with Gasteiger partial charge in [0.25, 0.3) is 0 Å². The summed E-state index contributed by atoms with van der Waals surface area (Å²) in [7, 11) is 1.34. The molecule has 0 spiro atoms. The highest BCUT2D eigenvalue weighted by atomic mass is 16.5. The quantitative estimate of drug-likeness (QED) is 0.674. The van der Waals surface area contributed by atoms with Crippen LogP contribution in [0.1, 0.15) is 26.7 Å². The van der Waals surface area contributed by atoms with Crippen molar-refractivity contribution in [2.45, 2.75) is 26.7 Å². The molecule has 0 aromatic carbocycles. The van der Waals surface area contributed by atoms with E-state index in [-0.39, 0.29) is 18.4 Å². The first-order valence-corrected chi connectivity index (χ1v) is 5.25. The number of hydrogen-bond acceptors (Lipinski definition) is 3. The van der Waals surface area contributed by atoms with E-state index in [0.29, 0.717) is 19.6 Å². The van der Waals surface area contributed by atoms with Gasteiger partial charge in [-0.15, -0.1) is 0 Å². The van der Waals surface area contributed by atoms with E-state index in [1.54, 1.807) is 4.90 Å². The molecule has 0 unspecified atom stereocenters. The Morgan fingerprint density at radius 1 is 1.33 bits per heavy atom. The van der Waals surface area contributed by atoms with Crippen molar-refractivity contribution in [2.24, 2.45) is 0 Å². The molecular weight excluding hydrogens is 196 g/mol. The maximum atomic E-state index is 11.5. The van der Waals surface area contributed by atoms with Crippen molar-refractivity contribution in [3.8, 4) is 0 Å². The second-order valence-corrected chi connectivity index (χ2v) is 3.14. The molecule has 0 atom stereocenters. The lowest BCUT2D eigenvalue weighted by Gasteiger charge is -2.20. The number of amides is 2. The molecule has 0 bridgehead atoms. The van der Waals surface area contributed by atoms with E-state index in [1.807, 2.05) is 13.8 Å². The molecule has 88 valence electrons. The lowest BCUT2D eigenvalue weighted by molar-refractivity contribution is -0.140. The summed E-state index contributed by atoms with van der Waals surface area (Å²) in [6.45, 7) is 5.52. The molecule has 0 rings (SSSR count). The monoisotopic (exact) mass is 216 g/mol. The van der Waals surface area contributed by atoms with Crippen molar-refractivity contribution in [2.75, 3.05) is 26.7 Å². The van der Waals surface area contributed by atoms with Crippen molar-refractivity contribution < 1.29 is 14.3 Å². The van der Waals surface area contributed by atoms with Crippen LogP contribution in [-0.2, 0) is 9.53 Å². The molecule has 15 heavy (non-hydrogen) atoms. The first kappa shape index (κ1) is 13.7. The average Bonchev–Trinajstić information content (AvgIpc) is 2.26. The molecular formula is C10H20N2O3. The van der Waals surface area contributed by atoms with Gasteiger partial charge in [-0.25, -0.2) is 4.79 Å². The fourth-order valence-corrected chi connectivity index (χ4v) is 1.08. The van der Waals surface area contributed by atoms with Crippen molar-refractivity contribution in [1.29, 1.82) is 0 Å². The highest BCUT2D eigenvalue weighted by Crippen LogP contribution is 1.94. The number of hydrogen-bond donors (Lipinski definition) is 1. The zero-order chi connectivity index (χ0) is 11.7. The molecule has 2 amide bonds. The third kappa shape index (κ3) is 5.93. The molecule has 5 nitrogen and oxygen atoms in total. The van der Waals surface area contributed by atoms with Crippen molar-refractivity contribution in [1.82, 2.24) is 10.2 Å². The standard InChI is InChI=1S/C10H20N2O3/c1-4-7-11-10(14)12(5-2)8-6-9(13)15-3/h4-8H2,1-3H3,(H,11,14). The van der Waals surface area contributed by atoms with Gasteiger partial charge in [-0.3, -0.25) is 4.79 Å². The Kier molecular flexibility index (Phi) is 7.40. The van der Waals surface area contributed by atoms with Crippen LogP contribution in [0.3, 0.4) is 0 Å². The van der Waals surface area contributed by atoms with Crippen LogP contribution in [-0.4, -0.2) is 43.6 Å². The third-order valence-electron chi connectivity index (χ3n) is 2.01. The van der Waals surface area contributed by atoms with Gasteiger partial charge in [-0.1, -0.05) is 6.92 Å². The Hall–Kier alpha value is -1.26. The number of carbonyl (C=O) groups excluding carboxylic acids is 2. The number of ether oxygens (including phenoxy) is 1. The zero-order valence-electron chi connectivity index (χ0n) is 9.71. The predicted molar refractivity (Wildman–Crippen MR) is 57.6 cm³/mol. The smallest absolute Gasteiger partial charge is 0.317 e. The molecule has 0 radical (unpaired) electrons. The lowest BCUT2D eigenvalue weighted by Crippen LogP contribution is -2.41. The van der Waals surface area contributed by atoms with Gasteiger partial charge in [0.1, 0.15) is 0 Å². The first-order valence-electron chi connectivity index (χ1n) is 5.25. The first-order chi connectivity index (χ1) is 7.15. The summed E-state index contributed by atoms with van der Waals surface area (Å²) in [6.07, 6.45) is 1.14. The molecule has 0 aromatic heterocycles. The maximum absolute atomic E-state index is 11.5. The van der Waals surface area contributed by atoms with Gasteiger partial charge in [-0.2, -0.15) is 0 Å². The molecule has 1 N–H and O–H groups in total. The van der Waals surface area contributed by atoms with Gasteiger partial charge >= 0.3 is 12.0 Å². The molecule has 0 aliphatic carbocycles. The lowest BCUT2D eigenvalue weighted by atomic mass is 10.4. The number of esters is 1. The summed E-state index contributed by atoms with van der Waals surface area (Å²) in [5.74, 6) is -0.295. The van der Waals surface area contributed by atoms with E-state index >= 15 is 0 Å². The number of carbonyl (C=O) groups is 2. The van der Waals surface area contributed by atoms with Gasteiger partial charge in [0.05, 0.1) is 13.5 Å². The normalized spacial score (nSPS) is 9.53. The predicted octanol–water partition coefficient (Wildman–Crippen LogP) is 0.991. The van der Waals surface area contributed by atoms with E-state index in [0.717, 1.165) is 6.42 Å². The molecule has 0 aromatic rings. The van der Waals surface area contributed by atoms with Crippen LogP contribution >= 0.6 is 0 Å². The van der Waals surface area contributed by atoms with E-state index in [9.17, 15) is 9.59 Å². The van der Waals surface area contributed by atoms with Crippen LogP contribution in [0.15, 0.2) is 0 Å². The van der Waals surface area contributed by atoms with Gasteiger partial charge in [-0.05, 0) is 13.3 Å². The Labute approximate surface area is 90.8 Å². The minimum absolute atomic E-state index is 0.122. The van der Waals surface area contributed by atoms with E-state index in [4.69, 9.17) is 0 Å². The highest BCUT2D eigenvalue weighted by Gasteiger charge is 2.12. The van der Waals surface area contributed by atoms with E-state index in [1.165, 1.54) is 7.11 Å². The Balaban J connectivity index is 3.90. The second kappa shape index (κ2) is 8.08. The number of rotatable bonds is 6. The van der Waals surface area contributed by atoms with E-state index < -0.39 is 0 Å². The highest BCUT2D eigenvalue weighted by molar-refractivity contribution is 5.75.